The summed E-state index contributed by atoms with van der Waals surface area (Å²) in [6.45, 7) is 1.67. The van der Waals surface area contributed by atoms with Crippen LogP contribution in [-0.4, -0.2) is 26.0 Å². The van der Waals surface area contributed by atoms with Gasteiger partial charge in [0.15, 0.2) is 11.5 Å². The second-order valence-corrected chi connectivity index (χ2v) is 5.58. The molecule has 2 amide bonds. The minimum atomic E-state index is -0.833. The normalized spacial score (nSPS) is 11.4. The number of benzene rings is 2. The Labute approximate surface area is 151 Å². The molecule has 0 aliphatic heterocycles. The molecule has 26 heavy (non-hydrogen) atoms. The van der Waals surface area contributed by atoms with Gasteiger partial charge in [-0.2, -0.15) is 0 Å². The maximum absolute atomic E-state index is 13.5. The van der Waals surface area contributed by atoms with E-state index < -0.39 is 23.7 Å². The van der Waals surface area contributed by atoms with E-state index in [1.807, 2.05) is 0 Å². The fourth-order valence-corrected chi connectivity index (χ4v) is 2.37. The third-order valence-electron chi connectivity index (χ3n) is 3.86. The fraction of sp³-hybridized carbons (Fsp3) is 0.263. The van der Waals surface area contributed by atoms with Gasteiger partial charge in [-0.25, -0.2) is 4.39 Å². The average molecular weight is 360 g/mol. The molecule has 0 saturated carbocycles. The molecule has 2 aromatic rings. The summed E-state index contributed by atoms with van der Waals surface area (Å²) < 4.78 is 23.9. The maximum Gasteiger partial charge on any atom is 0.309 e. The smallest absolute Gasteiger partial charge is 0.309 e. The number of carbonyl (C=O) groups excluding carboxylic acids is 2. The van der Waals surface area contributed by atoms with Crippen LogP contribution < -0.4 is 20.1 Å². The lowest BCUT2D eigenvalue weighted by molar-refractivity contribution is -0.139. The van der Waals surface area contributed by atoms with Crippen molar-refractivity contribution >= 4 is 11.8 Å². The molecule has 2 rings (SSSR count). The van der Waals surface area contributed by atoms with Crippen LogP contribution in [-0.2, 0) is 16.1 Å². The summed E-state index contributed by atoms with van der Waals surface area (Å²) in [7, 11) is 3.05. The average Bonchev–Trinajstić information content (AvgIpc) is 2.66. The Bertz CT molecular complexity index is 795. The molecule has 6 nitrogen and oxygen atoms in total. The molecule has 1 atom stereocenters. The number of methoxy groups -OCH3 is 2. The third-order valence-corrected chi connectivity index (χ3v) is 3.86. The summed E-state index contributed by atoms with van der Waals surface area (Å²) in [6.07, 6.45) is 0. The highest BCUT2D eigenvalue weighted by Crippen LogP contribution is 2.29. The van der Waals surface area contributed by atoms with Gasteiger partial charge in [-0.1, -0.05) is 24.3 Å². The van der Waals surface area contributed by atoms with E-state index in [2.05, 4.69) is 10.6 Å². The Hall–Kier alpha value is -3.09. The van der Waals surface area contributed by atoms with Gasteiger partial charge in [-0.05, 0) is 30.7 Å². The molecule has 0 aromatic heterocycles. The lowest BCUT2D eigenvalue weighted by Gasteiger charge is -2.16. The van der Waals surface area contributed by atoms with Crippen molar-refractivity contribution in [3.8, 4) is 11.5 Å². The van der Waals surface area contributed by atoms with Crippen LogP contribution in [0.3, 0.4) is 0 Å². The number of rotatable bonds is 6. The minimum absolute atomic E-state index is 0.0658. The molecule has 1 unspecified atom stereocenters. The lowest BCUT2D eigenvalue weighted by atomic mass is 10.1. The van der Waals surface area contributed by atoms with Crippen molar-refractivity contribution in [3.63, 3.8) is 0 Å². The monoisotopic (exact) mass is 360 g/mol. The number of carbonyl (C=O) groups is 2. The summed E-state index contributed by atoms with van der Waals surface area (Å²) in [5.41, 5.74) is 1.06. The van der Waals surface area contributed by atoms with Gasteiger partial charge in [0.2, 0.25) is 0 Å². The maximum atomic E-state index is 13.5. The minimum Gasteiger partial charge on any atom is -0.493 e. The Kier molecular flexibility index (Phi) is 6.54. The Morgan fingerprint density at radius 3 is 2.38 bits per heavy atom. The number of hydrogen-bond donors (Lipinski definition) is 2. The molecule has 2 N–H and O–H groups in total. The van der Waals surface area contributed by atoms with E-state index in [9.17, 15) is 14.0 Å². The first-order chi connectivity index (χ1) is 12.5. The fourth-order valence-electron chi connectivity index (χ4n) is 2.37. The summed E-state index contributed by atoms with van der Waals surface area (Å²) in [5.74, 6) is -0.983. The van der Waals surface area contributed by atoms with Gasteiger partial charge in [0.1, 0.15) is 5.82 Å². The van der Waals surface area contributed by atoms with Gasteiger partial charge in [0, 0.05) is 12.1 Å². The van der Waals surface area contributed by atoms with Crippen LogP contribution in [0.2, 0.25) is 0 Å². The number of halogens is 1. The van der Waals surface area contributed by atoms with Crippen molar-refractivity contribution in [3.05, 3.63) is 59.4 Å². The molecule has 0 spiro atoms. The molecule has 0 fully saturated rings. The molecule has 0 heterocycles. The predicted molar refractivity (Wildman–Crippen MR) is 94.4 cm³/mol. The molecule has 7 heteroatoms. The standard InChI is InChI=1S/C19H21FN2O4/c1-12(13-8-9-16(25-2)17(10-13)26-3)22-19(24)18(23)21-11-14-6-4-5-7-15(14)20/h4-10,12H,11H2,1-3H3,(H,21,23)(H,22,24). The van der Waals surface area contributed by atoms with E-state index >= 15 is 0 Å². The van der Waals surface area contributed by atoms with E-state index in [1.54, 1.807) is 43.3 Å². The van der Waals surface area contributed by atoms with Crippen LogP contribution in [0.25, 0.3) is 0 Å². The van der Waals surface area contributed by atoms with Crippen molar-refractivity contribution in [2.24, 2.45) is 0 Å². The molecule has 0 saturated heterocycles. The molecule has 0 radical (unpaired) electrons. The van der Waals surface area contributed by atoms with E-state index in [1.165, 1.54) is 20.3 Å². The quantitative estimate of drug-likeness (QED) is 0.776. The Balaban J connectivity index is 1.95. The van der Waals surface area contributed by atoms with Gasteiger partial charge in [0.05, 0.1) is 20.3 Å². The molecule has 0 aliphatic rings. The first-order valence-electron chi connectivity index (χ1n) is 8.00. The molecular formula is C19H21FN2O4. The Morgan fingerprint density at radius 1 is 1.04 bits per heavy atom. The highest BCUT2D eigenvalue weighted by molar-refractivity contribution is 6.35. The number of ether oxygens (including phenoxy) is 2. The summed E-state index contributed by atoms with van der Waals surface area (Å²) in [5, 5.41) is 5.00. The van der Waals surface area contributed by atoms with E-state index in [4.69, 9.17) is 9.47 Å². The second kappa shape index (κ2) is 8.84. The molecule has 138 valence electrons. The predicted octanol–water partition coefficient (Wildman–Crippen LogP) is 2.34. The van der Waals surface area contributed by atoms with Crippen LogP contribution in [0, 0.1) is 5.82 Å². The van der Waals surface area contributed by atoms with Crippen LogP contribution in [0.4, 0.5) is 4.39 Å². The van der Waals surface area contributed by atoms with Crippen molar-refractivity contribution < 1.29 is 23.5 Å². The molecule has 0 aliphatic carbocycles. The highest BCUT2D eigenvalue weighted by Gasteiger charge is 2.18. The lowest BCUT2D eigenvalue weighted by Crippen LogP contribution is -2.40. The third kappa shape index (κ3) is 4.72. The Morgan fingerprint density at radius 2 is 1.73 bits per heavy atom. The van der Waals surface area contributed by atoms with Gasteiger partial charge in [-0.3, -0.25) is 9.59 Å². The topological polar surface area (TPSA) is 76.7 Å². The number of nitrogens with one attached hydrogen (secondary N) is 2. The van der Waals surface area contributed by atoms with Gasteiger partial charge in [-0.15, -0.1) is 0 Å². The van der Waals surface area contributed by atoms with E-state index in [0.29, 0.717) is 17.1 Å². The summed E-state index contributed by atoms with van der Waals surface area (Å²) in [6, 6.07) is 10.8. The zero-order chi connectivity index (χ0) is 19.1. The highest BCUT2D eigenvalue weighted by atomic mass is 19.1. The zero-order valence-corrected chi connectivity index (χ0v) is 14.8. The second-order valence-electron chi connectivity index (χ2n) is 5.58. The molecule has 2 aromatic carbocycles. The van der Waals surface area contributed by atoms with Crippen LogP contribution in [0.5, 0.6) is 11.5 Å². The van der Waals surface area contributed by atoms with Crippen molar-refractivity contribution in [2.45, 2.75) is 19.5 Å². The zero-order valence-electron chi connectivity index (χ0n) is 14.8. The summed E-state index contributed by atoms with van der Waals surface area (Å²) >= 11 is 0. The van der Waals surface area contributed by atoms with Gasteiger partial charge in [0.25, 0.3) is 0 Å². The molecular weight excluding hydrogens is 339 g/mol. The van der Waals surface area contributed by atoms with Crippen molar-refractivity contribution in [1.82, 2.24) is 10.6 Å². The number of amides is 2. The van der Waals surface area contributed by atoms with Crippen molar-refractivity contribution in [2.75, 3.05) is 14.2 Å². The molecule has 0 bridgehead atoms. The largest absolute Gasteiger partial charge is 0.493 e. The first-order valence-corrected chi connectivity index (χ1v) is 8.00. The SMILES string of the molecule is COc1ccc(C(C)NC(=O)C(=O)NCc2ccccc2F)cc1OC. The van der Waals surface area contributed by atoms with Gasteiger partial charge < -0.3 is 20.1 Å². The van der Waals surface area contributed by atoms with Crippen LogP contribution >= 0.6 is 0 Å². The first kappa shape index (κ1) is 19.2. The van der Waals surface area contributed by atoms with Crippen LogP contribution in [0.15, 0.2) is 42.5 Å². The summed E-state index contributed by atoms with van der Waals surface area (Å²) in [4.78, 5) is 24.0. The number of hydrogen-bond acceptors (Lipinski definition) is 4. The van der Waals surface area contributed by atoms with Crippen molar-refractivity contribution in [1.29, 1.82) is 0 Å². The van der Waals surface area contributed by atoms with Crippen LogP contribution in [0.1, 0.15) is 24.1 Å². The van der Waals surface area contributed by atoms with Gasteiger partial charge >= 0.3 is 11.8 Å². The van der Waals surface area contributed by atoms with E-state index in [-0.39, 0.29) is 6.54 Å². The van der Waals surface area contributed by atoms with E-state index in [0.717, 1.165) is 5.56 Å².